The average Bonchev–Trinajstić information content (AvgIpc) is 3.41. The third-order valence-corrected chi connectivity index (χ3v) is 13.5. The number of allylic oxidation sites excluding steroid dienone is 16. The summed E-state index contributed by atoms with van der Waals surface area (Å²) in [7, 11) is -4.77. The zero-order valence-electron chi connectivity index (χ0n) is 48.2. The molecule has 0 rings (SSSR count). The number of hydrogen-bond donors (Lipinski definition) is 2. The third kappa shape index (κ3) is 55.2. The lowest BCUT2D eigenvalue weighted by molar-refractivity contribution is -0.161. The second kappa shape index (κ2) is 57.6. The SMILES string of the molecule is CC/C=C\C/C=C\C/C=C\C/C=C\CCCCC(=O)OCC(COP(=O)(O)OCC(CO)OC(=O)CCCC/C=C\C/C=C\C/C=C\C/C=C\CC)OC(=O)CCCCCCCCCCCCCCCCCCCCC. The Morgan fingerprint density at radius 3 is 1.05 bits per heavy atom. The predicted molar refractivity (Wildman–Crippen MR) is 316 cm³/mol. The van der Waals surface area contributed by atoms with Crippen LogP contribution in [0.5, 0.6) is 0 Å². The van der Waals surface area contributed by atoms with Crippen LogP contribution in [0.1, 0.15) is 252 Å². The molecule has 0 saturated heterocycles. The molecule has 0 amide bonds. The summed E-state index contributed by atoms with van der Waals surface area (Å²) < 4.78 is 39.5. The van der Waals surface area contributed by atoms with Crippen LogP contribution < -0.4 is 0 Å². The molecule has 3 atom stereocenters. The van der Waals surface area contributed by atoms with E-state index in [1.54, 1.807) is 0 Å². The Kier molecular flexibility index (Phi) is 54.8. The van der Waals surface area contributed by atoms with Crippen molar-refractivity contribution in [3.8, 4) is 0 Å². The van der Waals surface area contributed by atoms with Gasteiger partial charge in [0, 0.05) is 19.3 Å². The molecule has 0 aliphatic rings. The van der Waals surface area contributed by atoms with Crippen LogP contribution in [-0.2, 0) is 42.2 Å². The molecule has 12 heteroatoms. The summed E-state index contributed by atoms with van der Waals surface area (Å²) >= 11 is 0. The molecule has 0 radical (unpaired) electrons. The lowest BCUT2D eigenvalue weighted by Crippen LogP contribution is -2.30. The van der Waals surface area contributed by atoms with Gasteiger partial charge in [-0.3, -0.25) is 23.4 Å². The van der Waals surface area contributed by atoms with E-state index in [0.29, 0.717) is 19.3 Å². The smallest absolute Gasteiger partial charge is 0.462 e. The Balaban J connectivity index is 4.78. The normalized spacial score (nSPS) is 14.0. The molecule has 0 aliphatic heterocycles. The highest BCUT2D eigenvalue weighted by Crippen LogP contribution is 2.43. The van der Waals surface area contributed by atoms with E-state index in [1.807, 2.05) is 0 Å². The number of carbonyl (C=O) groups excluding carboxylic acids is 3. The van der Waals surface area contributed by atoms with Gasteiger partial charge in [-0.2, -0.15) is 0 Å². The molecule has 0 heterocycles. The molecule has 0 aromatic rings. The van der Waals surface area contributed by atoms with Crippen LogP contribution >= 0.6 is 7.82 Å². The number of unbranched alkanes of at least 4 members (excludes halogenated alkanes) is 22. The fraction of sp³-hybridized carbons (Fsp3) is 0.703. The number of hydrogen-bond acceptors (Lipinski definition) is 10. The van der Waals surface area contributed by atoms with Crippen LogP contribution in [0.4, 0.5) is 0 Å². The minimum Gasteiger partial charge on any atom is -0.462 e. The highest BCUT2D eigenvalue weighted by atomic mass is 31.2. The fourth-order valence-corrected chi connectivity index (χ4v) is 8.77. The molecule has 0 aromatic heterocycles. The number of esters is 3. The monoisotopic (exact) mass is 1080 g/mol. The van der Waals surface area contributed by atoms with E-state index in [1.165, 1.54) is 96.3 Å². The Hall–Kier alpha value is -3.60. The highest BCUT2D eigenvalue weighted by molar-refractivity contribution is 7.47. The first-order valence-corrected chi connectivity index (χ1v) is 31.6. The summed E-state index contributed by atoms with van der Waals surface area (Å²) in [5.41, 5.74) is 0. The number of aliphatic hydroxyl groups excluding tert-OH is 1. The van der Waals surface area contributed by atoms with Gasteiger partial charge in [0.2, 0.25) is 0 Å². The van der Waals surface area contributed by atoms with Gasteiger partial charge in [0.15, 0.2) is 6.10 Å². The van der Waals surface area contributed by atoms with Gasteiger partial charge < -0.3 is 24.2 Å². The molecule has 11 nitrogen and oxygen atoms in total. The second-order valence-corrected chi connectivity index (χ2v) is 21.2. The molecule has 0 aromatic carbocycles. The van der Waals surface area contributed by atoms with E-state index < -0.39 is 57.8 Å². The van der Waals surface area contributed by atoms with Crippen LogP contribution in [0.25, 0.3) is 0 Å². The van der Waals surface area contributed by atoms with Gasteiger partial charge in [-0.15, -0.1) is 0 Å². The molecule has 2 N–H and O–H groups in total. The number of rotatable bonds is 55. The maximum absolute atomic E-state index is 12.9. The van der Waals surface area contributed by atoms with Crippen molar-refractivity contribution in [1.29, 1.82) is 0 Å². The Bertz CT molecular complexity index is 1640. The molecule has 0 bridgehead atoms. The molecule has 436 valence electrons. The van der Waals surface area contributed by atoms with E-state index in [2.05, 4.69) is 118 Å². The molecule has 0 aliphatic carbocycles. The Morgan fingerprint density at radius 1 is 0.382 bits per heavy atom. The summed E-state index contributed by atoms with van der Waals surface area (Å²) in [6.45, 7) is 4.34. The van der Waals surface area contributed by atoms with Crippen molar-refractivity contribution in [3.63, 3.8) is 0 Å². The first-order valence-electron chi connectivity index (χ1n) is 30.1. The summed E-state index contributed by atoms with van der Waals surface area (Å²) in [6.07, 6.45) is 68.0. The van der Waals surface area contributed by atoms with Crippen molar-refractivity contribution in [3.05, 3.63) is 97.2 Å². The molecule has 0 fully saturated rings. The fourth-order valence-electron chi connectivity index (χ4n) is 7.99. The molecule has 0 saturated carbocycles. The first kappa shape index (κ1) is 72.4. The molecular formula is C64H109O11P. The zero-order chi connectivity index (χ0) is 55.5. The van der Waals surface area contributed by atoms with Crippen molar-refractivity contribution >= 4 is 25.7 Å². The van der Waals surface area contributed by atoms with Gasteiger partial charge in [0.25, 0.3) is 0 Å². The van der Waals surface area contributed by atoms with E-state index in [0.717, 1.165) is 96.3 Å². The lowest BCUT2D eigenvalue weighted by Gasteiger charge is -2.21. The van der Waals surface area contributed by atoms with Gasteiger partial charge in [-0.1, -0.05) is 234 Å². The van der Waals surface area contributed by atoms with Crippen LogP contribution in [0.3, 0.4) is 0 Å². The van der Waals surface area contributed by atoms with Gasteiger partial charge in [-0.05, 0) is 96.3 Å². The first-order chi connectivity index (χ1) is 37.2. The Labute approximate surface area is 463 Å². The van der Waals surface area contributed by atoms with Crippen LogP contribution in [-0.4, -0.2) is 66.5 Å². The van der Waals surface area contributed by atoms with Crippen LogP contribution in [0.2, 0.25) is 0 Å². The maximum atomic E-state index is 12.9. The van der Waals surface area contributed by atoms with E-state index in [4.69, 9.17) is 23.3 Å². The van der Waals surface area contributed by atoms with Crippen LogP contribution in [0, 0.1) is 0 Å². The Morgan fingerprint density at radius 2 is 0.684 bits per heavy atom. The summed E-state index contributed by atoms with van der Waals surface area (Å²) in [6, 6.07) is 0. The minimum absolute atomic E-state index is 0.119. The third-order valence-electron chi connectivity index (χ3n) is 12.5. The predicted octanol–water partition coefficient (Wildman–Crippen LogP) is 18.0. The number of ether oxygens (including phenoxy) is 3. The lowest BCUT2D eigenvalue weighted by atomic mass is 10.0. The topological polar surface area (TPSA) is 155 Å². The standard InChI is InChI=1S/C64H109O11P/c1-4-7-10-13-16-19-22-25-28-29-30-31-34-37-40-43-46-49-52-55-64(68)75-61(57-71-62(66)53-50-47-44-41-38-35-32-26-23-20-17-14-11-8-5-2)59-73-76(69,70)72-58-60(56-65)74-63(67)54-51-48-45-42-39-36-33-27-24-21-18-15-12-9-6-3/h8-9,11-12,17-18,20-21,26-27,32-33,38-39,41-42,60-61,65H,4-7,10,13-16,19,22-25,28-31,34-37,40,43-59H2,1-3H3,(H,69,70)/b11-8-,12-9-,20-17-,21-18-,32-26-,33-27-,41-38-,42-39-. The summed E-state index contributed by atoms with van der Waals surface area (Å²) in [4.78, 5) is 48.6. The van der Waals surface area contributed by atoms with Crippen molar-refractivity contribution in [2.75, 3.05) is 26.4 Å². The number of aliphatic hydroxyl groups is 1. The van der Waals surface area contributed by atoms with E-state index in [-0.39, 0.29) is 25.9 Å². The molecular weight excluding hydrogens is 976 g/mol. The van der Waals surface area contributed by atoms with Crippen molar-refractivity contribution in [2.24, 2.45) is 0 Å². The minimum atomic E-state index is -4.77. The zero-order valence-corrected chi connectivity index (χ0v) is 49.1. The van der Waals surface area contributed by atoms with Crippen molar-refractivity contribution < 1.29 is 52.2 Å². The largest absolute Gasteiger partial charge is 0.472 e. The van der Waals surface area contributed by atoms with Crippen molar-refractivity contribution in [1.82, 2.24) is 0 Å². The average molecular weight is 1090 g/mol. The molecule has 76 heavy (non-hydrogen) atoms. The quantitative estimate of drug-likeness (QED) is 0.0197. The second-order valence-electron chi connectivity index (χ2n) is 19.8. The number of carbonyl (C=O) groups is 3. The van der Waals surface area contributed by atoms with Gasteiger partial charge >= 0.3 is 25.7 Å². The van der Waals surface area contributed by atoms with E-state index in [9.17, 15) is 28.9 Å². The van der Waals surface area contributed by atoms with Crippen LogP contribution in [0.15, 0.2) is 97.2 Å². The van der Waals surface area contributed by atoms with Crippen molar-refractivity contribution in [2.45, 2.75) is 264 Å². The maximum Gasteiger partial charge on any atom is 0.472 e. The van der Waals surface area contributed by atoms with Gasteiger partial charge in [-0.25, -0.2) is 4.57 Å². The molecule has 3 unspecified atom stereocenters. The summed E-state index contributed by atoms with van der Waals surface area (Å²) in [5, 5.41) is 9.82. The summed E-state index contributed by atoms with van der Waals surface area (Å²) in [5.74, 6) is -1.56. The number of phosphoric acid groups is 1. The van der Waals surface area contributed by atoms with E-state index >= 15 is 0 Å². The molecule has 0 spiro atoms. The number of phosphoric ester groups is 1. The van der Waals surface area contributed by atoms with Gasteiger partial charge in [0.05, 0.1) is 19.8 Å². The van der Waals surface area contributed by atoms with Gasteiger partial charge in [0.1, 0.15) is 12.7 Å². The highest BCUT2D eigenvalue weighted by Gasteiger charge is 2.28.